The van der Waals surface area contributed by atoms with E-state index in [2.05, 4.69) is 18.4 Å². The van der Waals surface area contributed by atoms with E-state index in [4.69, 9.17) is 11.6 Å². The summed E-state index contributed by atoms with van der Waals surface area (Å²) in [6.07, 6.45) is 3.88. The third kappa shape index (κ3) is 2.99. The van der Waals surface area contributed by atoms with Crippen LogP contribution < -0.4 is 0 Å². The molecule has 2 aliphatic rings. The van der Waals surface area contributed by atoms with Crippen LogP contribution >= 0.6 is 22.9 Å². The third-order valence-electron chi connectivity index (χ3n) is 5.21. The van der Waals surface area contributed by atoms with E-state index in [1.54, 1.807) is 11.3 Å². The lowest BCUT2D eigenvalue weighted by Gasteiger charge is -2.39. The van der Waals surface area contributed by atoms with Crippen molar-refractivity contribution < 1.29 is 9.90 Å². The zero-order chi connectivity index (χ0) is 15.0. The molecule has 2 bridgehead atoms. The van der Waals surface area contributed by atoms with Gasteiger partial charge in [-0.2, -0.15) is 0 Å². The van der Waals surface area contributed by atoms with Crippen LogP contribution in [-0.2, 0) is 11.3 Å². The van der Waals surface area contributed by atoms with Crippen molar-refractivity contribution in [2.75, 3.05) is 5.88 Å². The standard InChI is InChI=1S/C16H22ClNO2S/c1-10-13(4-5-21-10)9-18(15(19)8-17)14-6-11-2-3-12(7-14)16(11)20/h4-5,11-12,14,16,20H,2-3,6-9H2,1H3/t11-,12+,14?,16?. The molecule has 1 aromatic rings. The molecule has 1 amide bonds. The second-order valence-corrected chi connectivity index (χ2v) is 7.76. The highest BCUT2D eigenvalue weighted by Crippen LogP contribution is 2.44. The van der Waals surface area contributed by atoms with Gasteiger partial charge in [0.1, 0.15) is 5.88 Å². The Bertz CT molecular complexity index is 504. The summed E-state index contributed by atoms with van der Waals surface area (Å²) in [6, 6.07) is 2.33. The number of aryl methyl sites for hydroxylation is 1. The largest absolute Gasteiger partial charge is 0.393 e. The zero-order valence-corrected chi connectivity index (χ0v) is 13.9. The van der Waals surface area contributed by atoms with Crippen LogP contribution in [0, 0.1) is 18.8 Å². The van der Waals surface area contributed by atoms with Crippen LogP contribution in [-0.4, -0.2) is 33.9 Å². The lowest BCUT2D eigenvalue weighted by Crippen LogP contribution is -2.46. The van der Waals surface area contributed by atoms with Crippen LogP contribution in [0.1, 0.15) is 36.1 Å². The van der Waals surface area contributed by atoms with E-state index in [0.29, 0.717) is 18.4 Å². The molecule has 0 spiro atoms. The Morgan fingerprint density at radius 1 is 1.43 bits per heavy atom. The molecule has 2 unspecified atom stereocenters. The molecule has 1 heterocycles. The summed E-state index contributed by atoms with van der Waals surface area (Å²) < 4.78 is 0. The fourth-order valence-corrected chi connectivity index (χ4v) is 4.85. The number of carbonyl (C=O) groups excluding carboxylic acids is 1. The van der Waals surface area contributed by atoms with Crippen molar-refractivity contribution >= 4 is 28.8 Å². The highest BCUT2D eigenvalue weighted by molar-refractivity contribution is 7.10. The third-order valence-corrected chi connectivity index (χ3v) is 6.32. The van der Waals surface area contributed by atoms with Crippen molar-refractivity contribution in [3.63, 3.8) is 0 Å². The van der Waals surface area contributed by atoms with Crippen LogP contribution in [0.4, 0.5) is 0 Å². The van der Waals surface area contributed by atoms with Crippen LogP contribution in [0.2, 0.25) is 0 Å². The number of hydrogen-bond donors (Lipinski definition) is 1. The molecule has 3 nitrogen and oxygen atoms in total. The molecule has 2 saturated carbocycles. The minimum atomic E-state index is -0.155. The molecule has 3 rings (SSSR count). The quantitative estimate of drug-likeness (QED) is 0.863. The van der Waals surface area contributed by atoms with Crippen LogP contribution in [0.3, 0.4) is 0 Å². The van der Waals surface area contributed by atoms with E-state index < -0.39 is 0 Å². The van der Waals surface area contributed by atoms with Gasteiger partial charge in [0.2, 0.25) is 5.91 Å². The highest BCUT2D eigenvalue weighted by atomic mass is 35.5. The first-order chi connectivity index (χ1) is 10.1. The lowest BCUT2D eigenvalue weighted by molar-refractivity contribution is -0.133. The van der Waals surface area contributed by atoms with Crippen molar-refractivity contribution in [1.29, 1.82) is 0 Å². The zero-order valence-electron chi connectivity index (χ0n) is 12.3. The van der Waals surface area contributed by atoms with E-state index in [1.807, 2.05) is 4.90 Å². The van der Waals surface area contributed by atoms with Gasteiger partial charge >= 0.3 is 0 Å². The number of aliphatic hydroxyl groups excluding tert-OH is 1. The highest BCUT2D eigenvalue weighted by Gasteiger charge is 2.44. The lowest BCUT2D eigenvalue weighted by atomic mass is 9.82. The molecule has 1 N–H and O–H groups in total. The second-order valence-electron chi connectivity index (χ2n) is 6.37. The Labute approximate surface area is 134 Å². The van der Waals surface area contributed by atoms with Crippen molar-refractivity contribution in [2.45, 2.75) is 51.3 Å². The summed E-state index contributed by atoms with van der Waals surface area (Å²) >= 11 is 7.54. The van der Waals surface area contributed by atoms with Crippen molar-refractivity contribution in [1.82, 2.24) is 4.90 Å². The van der Waals surface area contributed by atoms with Crippen LogP contribution in [0.15, 0.2) is 11.4 Å². The fraction of sp³-hybridized carbons (Fsp3) is 0.688. The van der Waals surface area contributed by atoms with Gasteiger partial charge in [-0.15, -0.1) is 22.9 Å². The van der Waals surface area contributed by atoms with E-state index in [1.165, 1.54) is 10.4 Å². The minimum Gasteiger partial charge on any atom is -0.393 e. The molecule has 5 heteroatoms. The first-order valence-electron chi connectivity index (χ1n) is 7.66. The summed E-state index contributed by atoms with van der Waals surface area (Å²) in [7, 11) is 0. The topological polar surface area (TPSA) is 40.5 Å². The van der Waals surface area contributed by atoms with Crippen LogP contribution in [0.25, 0.3) is 0 Å². The summed E-state index contributed by atoms with van der Waals surface area (Å²) in [5.41, 5.74) is 1.22. The number of thiophene rings is 1. The number of rotatable bonds is 4. The number of alkyl halides is 1. The summed E-state index contributed by atoms with van der Waals surface area (Å²) in [5.74, 6) is 0.784. The van der Waals surface area contributed by atoms with Gasteiger partial charge in [-0.25, -0.2) is 0 Å². The Hall–Kier alpha value is -0.580. The molecule has 2 fully saturated rings. The first kappa shape index (κ1) is 15.3. The molecule has 0 saturated heterocycles. The Morgan fingerprint density at radius 2 is 2.10 bits per heavy atom. The fourth-order valence-electron chi connectivity index (χ4n) is 3.98. The number of aliphatic hydroxyl groups is 1. The van der Waals surface area contributed by atoms with Crippen LogP contribution in [0.5, 0.6) is 0 Å². The van der Waals surface area contributed by atoms with Gasteiger partial charge < -0.3 is 10.0 Å². The molecule has 2 aliphatic carbocycles. The van der Waals surface area contributed by atoms with Gasteiger partial charge in [-0.3, -0.25) is 4.79 Å². The summed E-state index contributed by atoms with van der Waals surface area (Å²) in [6.45, 7) is 2.75. The normalized spacial score (nSPS) is 31.4. The average molecular weight is 328 g/mol. The van der Waals surface area contributed by atoms with E-state index in [-0.39, 0.29) is 23.9 Å². The predicted molar refractivity (Wildman–Crippen MR) is 85.6 cm³/mol. The van der Waals surface area contributed by atoms with Gasteiger partial charge in [0.15, 0.2) is 0 Å². The number of carbonyl (C=O) groups is 1. The molecular weight excluding hydrogens is 306 g/mol. The SMILES string of the molecule is Cc1sccc1CN(C(=O)CCl)C1C[C@H]2CC[C@@H](C1)C2O. The molecule has 116 valence electrons. The van der Waals surface area contributed by atoms with E-state index >= 15 is 0 Å². The molecule has 0 aliphatic heterocycles. The van der Waals surface area contributed by atoms with Gasteiger partial charge in [-0.1, -0.05) is 0 Å². The maximum atomic E-state index is 12.3. The summed E-state index contributed by atoms with van der Waals surface area (Å²) in [4.78, 5) is 15.5. The molecule has 1 aromatic heterocycles. The molecular formula is C16H22ClNO2S. The van der Waals surface area contributed by atoms with Gasteiger partial charge in [0, 0.05) is 17.5 Å². The predicted octanol–water partition coefficient (Wildman–Crippen LogP) is 3.17. The number of fused-ring (bicyclic) bond motifs is 2. The molecule has 4 atom stereocenters. The van der Waals surface area contributed by atoms with Crippen molar-refractivity contribution in [3.05, 3.63) is 21.9 Å². The number of amides is 1. The van der Waals surface area contributed by atoms with E-state index in [9.17, 15) is 9.90 Å². The minimum absolute atomic E-state index is 0.0167. The van der Waals surface area contributed by atoms with Crippen molar-refractivity contribution in [3.8, 4) is 0 Å². The number of hydrogen-bond acceptors (Lipinski definition) is 3. The Balaban J connectivity index is 1.77. The maximum Gasteiger partial charge on any atom is 0.238 e. The smallest absolute Gasteiger partial charge is 0.238 e. The summed E-state index contributed by atoms with van der Waals surface area (Å²) in [5, 5.41) is 12.2. The second kappa shape index (κ2) is 6.27. The number of halogens is 1. The first-order valence-corrected chi connectivity index (χ1v) is 9.08. The van der Waals surface area contributed by atoms with E-state index in [0.717, 1.165) is 25.7 Å². The maximum absolute atomic E-state index is 12.3. The molecule has 0 radical (unpaired) electrons. The Kier molecular flexibility index (Phi) is 4.57. The molecule has 0 aromatic carbocycles. The monoisotopic (exact) mass is 327 g/mol. The Morgan fingerprint density at radius 3 is 2.62 bits per heavy atom. The van der Waals surface area contributed by atoms with Crippen molar-refractivity contribution in [2.24, 2.45) is 11.8 Å². The number of nitrogens with zero attached hydrogens (tertiary/aromatic N) is 1. The molecule has 21 heavy (non-hydrogen) atoms. The van der Waals surface area contributed by atoms with Gasteiger partial charge in [0.05, 0.1) is 6.10 Å². The van der Waals surface area contributed by atoms with Gasteiger partial charge in [0.25, 0.3) is 0 Å². The average Bonchev–Trinajstić information content (AvgIpc) is 2.95. The van der Waals surface area contributed by atoms with Gasteiger partial charge in [-0.05, 0) is 61.5 Å².